The first-order chi connectivity index (χ1) is 16.1. The number of benzene rings is 3. The molecule has 0 aliphatic rings. The van der Waals surface area contributed by atoms with Gasteiger partial charge in [-0.1, -0.05) is 29.8 Å². The summed E-state index contributed by atoms with van der Waals surface area (Å²) in [5.74, 6) is 2.42. The smallest absolute Gasteiger partial charge is 0.248 e. The highest BCUT2D eigenvalue weighted by Gasteiger charge is 2.14. The first-order valence-corrected chi connectivity index (χ1v) is 10.2. The van der Waals surface area contributed by atoms with Crippen LogP contribution in [0.25, 0.3) is 11.4 Å². The quantitative estimate of drug-likeness (QED) is 0.436. The zero-order chi connectivity index (χ0) is 23.2. The number of anilines is 1. The summed E-state index contributed by atoms with van der Waals surface area (Å²) in [5.41, 5.74) is 2.37. The number of ether oxygens (including phenoxy) is 3. The van der Waals surface area contributed by atoms with Gasteiger partial charge in [-0.3, -0.25) is 4.79 Å². The summed E-state index contributed by atoms with van der Waals surface area (Å²) in [4.78, 5) is 13.9. The fraction of sp³-hybridized carbons (Fsp3) is 0.167. The van der Waals surface area contributed by atoms with Gasteiger partial charge < -0.3 is 19.5 Å². The van der Waals surface area contributed by atoms with Crippen molar-refractivity contribution in [3.05, 3.63) is 72.3 Å². The molecule has 3 aromatic carbocycles. The van der Waals surface area contributed by atoms with E-state index in [0.717, 1.165) is 5.56 Å². The van der Waals surface area contributed by atoms with E-state index in [1.54, 1.807) is 44.6 Å². The van der Waals surface area contributed by atoms with Crippen LogP contribution in [0.4, 0.5) is 5.69 Å². The summed E-state index contributed by atoms with van der Waals surface area (Å²) in [5, 5.41) is 15.2. The summed E-state index contributed by atoms with van der Waals surface area (Å²) < 4.78 is 16.5. The van der Waals surface area contributed by atoms with E-state index in [-0.39, 0.29) is 12.5 Å². The van der Waals surface area contributed by atoms with Crippen LogP contribution in [0, 0.1) is 6.92 Å². The van der Waals surface area contributed by atoms with E-state index in [1.165, 1.54) is 4.80 Å². The number of rotatable bonds is 8. The Balaban J connectivity index is 1.44. The predicted octanol–water partition coefficient (Wildman–Crippen LogP) is 4.10. The van der Waals surface area contributed by atoms with E-state index in [0.29, 0.717) is 40.1 Å². The van der Waals surface area contributed by atoms with Crippen molar-refractivity contribution < 1.29 is 19.0 Å². The number of carbonyl (C=O) groups is 1. The van der Waals surface area contributed by atoms with E-state index in [2.05, 4.69) is 20.7 Å². The monoisotopic (exact) mass is 445 g/mol. The standard InChI is InChI=1S/C24H23N5O4/c1-16-8-11-18(12-9-16)33-20-7-5-4-6-19(20)25-23(30)15-29-27-24(26-28-29)17-10-13-21(31-2)22(14-17)32-3/h4-14H,15H2,1-3H3,(H,25,30). The molecule has 0 aliphatic carbocycles. The van der Waals surface area contributed by atoms with Gasteiger partial charge in [0.05, 0.1) is 19.9 Å². The molecule has 9 heteroatoms. The second kappa shape index (κ2) is 9.82. The van der Waals surface area contributed by atoms with E-state index < -0.39 is 0 Å². The third kappa shape index (κ3) is 5.27. The molecule has 9 nitrogen and oxygen atoms in total. The Bertz CT molecular complexity index is 1250. The second-order valence-corrected chi connectivity index (χ2v) is 7.17. The van der Waals surface area contributed by atoms with Crippen molar-refractivity contribution in [1.29, 1.82) is 0 Å². The maximum absolute atomic E-state index is 12.6. The molecule has 1 amide bonds. The number of hydrogen-bond donors (Lipinski definition) is 1. The van der Waals surface area contributed by atoms with Crippen molar-refractivity contribution in [2.45, 2.75) is 13.5 Å². The van der Waals surface area contributed by atoms with Crippen molar-refractivity contribution in [3.8, 4) is 34.4 Å². The Hall–Kier alpha value is -4.40. The van der Waals surface area contributed by atoms with Crippen molar-refractivity contribution in [1.82, 2.24) is 20.2 Å². The topological polar surface area (TPSA) is 100 Å². The fourth-order valence-electron chi connectivity index (χ4n) is 3.11. The highest BCUT2D eigenvalue weighted by molar-refractivity contribution is 5.92. The maximum atomic E-state index is 12.6. The Morgan fingerprint density at radius 1 is 0.939 bits per heavy atom. The molecule has 0 radical (unpaired) electrons. The Morgan fingerprint density at radius 3 is 2.45 bits per heavy atom. The van der Waals surface area contributed by atoms with E-state index in [4.69, 9.17) is 14.2 Å². The van der Waals surface area contributed by atoms with Crippen LogP contribution in [-0.2, 0) is 11.3 Å². The van der Waals surface area contributed by atoms with Gasteiger partial charge in [0.25, 0.3) is 0 Å². The zero-order valence-corrected chi connectivity index (χ0v) is 18.5. The number of amides is 1. The van der Waals surface area contributed by atoms with Crippen LogP contribution in [-0.4, -0.2) is 40.3 Å². The van der Waals surface area contributed by atoms with E-state index >= 15 is 0 Å². The molecule has 4 aromatic rings. The lowest BCUT2D eigenvalue weighted by Gasteiger charge is -2.12. The lowest BCUT2D eigenvalue weighted by atomic mass is 10.2. The maximum Gasteiger partial charge on any atom is 0.248 e. The molecule has 1 N–H and O–H groups in total. The molecule has 1 heterocycles. The molecule has 0 unspecified atom stereocenters. The molecule has 4 rings (SSSR count). The first kappa shape index (κ1) is 21.8. The molecule has 0 atom stereocenters. The molecule has 0 bridgehead atoms. The molecule has 168 valence electrons. The van der Waals surface area contributed by atoms with Gasteiger partial charge in [-0.15, -0.1) is 10.2 Å². The number of nitrogens with one attached hydrogen (secondary N) is 1. The zero-order valence-electron chi connectivity index (χ0n) is 18.5. The first-order valence-electron chi connectivity index (χ1n) is 10.2. The van der Waals surface area contributed by atoms with Gasteiger partial charge in [-0.2, -0.15) is 4.80 Å². The van der Waals surface area contributed by atoms with Crippen molar-refractivity contribution >= 4 is 11.6 Å². The van der Waals surface area contributed by atoms with Gasteiger partial charge in [-0.25, -0.2) is 0 Å². The number of aromatic nitrogens is 4. The molecular weight excluding hydrogens is 422 g/mol. The number of aryl methyl sites for hydroxylation is 1. The Kier molecular flexibility index (Phi) is 6.49. The molecular formula is C24H23N5O4. The van der Waals surface area contributed by atoms with E-state index in [9.17, 15) is 4.79 Å². The van der Waals surface area contributed by atoms with Crippen LogP contribution < -0.4 is 19.5 Å². The Labute approximate surface area is 190 Å². The third-order valence-electron chi connectivity index (χ3n) is 4.79. The normalized spacial score (nSPS) is 10.5. The second-order valence-electron chi connectivity index (χ2n) is 7.17. The summed E-state index contributed by atoms with van der Waals surface area (Å²) in [6.07, 6.45) is 0. The largest absolute Gasteiger partial charge is 0.493 e. The number of tetrazole rings is 1. The minimum Gasteiger partial charge on any atom is -0.493 e. The van der Waals surface area contributed by atoms with Crippen LogP contribution in [0.5, 0.6) is 23.0 Å². The van der Waals surface area contributed by atoms with Gasteiger partial charge in [0.1, 0.15) is 12.3 Å². The minimum absolute atomic E-state index is 0.112. The molecule has 0 saturated carbocycles. The van der Waals surface area contributed by atoms with Crippen molar-refractivity contribution in [3.63, 3.8) is 0 Å². The summed E-state index contributed by atoms with van der Waals surface area (Å²) >= 11 is 0. The molecule has 33 heavy (non-hydrogen) atoms. The number of methoxy groups -OCH3 is 2. The summed E-state index contributed by atoms with van der Waals surface area (Å²) in [7, 11) is 3.12. The van der Waals surface area contributed by atoms with E-state index in [1.807, 2.05) is 43.3 Å². The lowest BCUT2D eigenvalue weighted by Crippen LogP contribution is -2.20. The number of carbonyl (C=O) groups excluding carboxylic acids is 1. The fourth-order valence-corrected chi connectivity index (χ4v) is 3.11. The van der Waals surface area contributed by atoms with Crippen molar-refractivity contribution in [2.24, 2.45) is 0 Å². The molecule has 0 spiro atoms. The predicted molar refractivity (Wildman–Crippen MR) is 123 cm³/mol. The number of nitrogens with zero attached hydrogens (tertiary/aromatic N) is 4. The minimum atomic E-state index is -0.314. The van der Waals surface area contributed by atoms with Crippen LogP contribution in [0.15, 0.2) is 66.7 Å². The molecule has 0 aliphatic heterocycles. The van der Waals surface area contributed by atoms with Gasteiger partial charge in [-0.05, 0) is 54.6 Å². The van der Waals surface area contributed by atoms with Gasteiger partial charge in [0.15, 0.2) is 17.2 Å². The average Bonchev–Trinajstić information content (AvgIpc) is 3.29. The van der Waals surface area contributed by atoms with Crippen LogP contribution in [0.1, 0.15) is 5.56 Å². The van der Waals surface area contributed by atoms with Gasteiger partial charge in [0, 0.05) is 5.56 Å². The average molecular weight is 445 g/mol. The number of para-hydroxylation sites is 2. The van der Waals surface area contributed by atoms with Crippen LogP contribution >= 0.6 is 0 Å². The molecule has 1 aromatic heterocycles. The number of hydrogen-bond acceptors (Lipinski definition) is 7. The highest BCUT2D eigenvalue weighted by Crippen LogP contribution is 2.31. The molecule has 0 fully saturated rings. The van der Waals surface area contributed by atoms with Crippen LogP contribution in [0.3, 0.4) is 0 Å². The van der Waals surface area contributed by atoms with Gasteiger partial charge in [0.2, 0.25) is 11.7 Å². The Morgan fingerprint density at radius 2 is 1.70 bits per heavy atom. The van der Waals surface area contributed by atoms with Crippen molar-refractivity contribution in [2.75, 3.05) is 19.5 Å². The molecule has 0 saturated heterocycles. The summed E-state index contributed by atoms with van der Waals surface area (Å²) in [6, 6.07) is 20.2. The summed E-state index contributed by atoms with van der Waals surface area (Å²) in [6.45, 7) is 1.89. The van der Waals surface area contributed by atoms with Crippen LogP contribution in [0.2, 0.25) is 0 Å². The SMILES string of the molecule is COc1ccc(-c2nnn(CC(=O)Nc3ccccc3Oc3ccc(C)cc3)n2)cc1OC. The lowest BCUT2D eigenvalue weighted by molar-refractivity contribution is -0.117. The van der Waals surface area contributed by atoms with Gasteiger partial charge >= 0.3 is 0 Å². The highest BCUT2D eigenvalue weighted by atomic mass is 16.5. The third-order valence-corrected chi connectivity index (χ3v) is 4.79.